The summed E-state index contributed by atoms with van der Waals surface area (Å²) in [5.41, 5.74) is 4.37. The second-order valence-corrected chi connectivity index (χ2v) is 10.3. The van der Waals surface area contributed by atoms with E-state index in [0.717, 1.165) is 24.8 Å². The summed E-state index contributed by atoms with van der Waals surface area (Å²) < 4.78 is 47.3. The van der Waals surface area contributed by atoms with Crippen molar-refractivity contribution in [1.29, 1.82) is 0 Å². The van der Waals surface area contributed by atoms with Crippen LogP contribution in [0, 0.1) is 5.92 Å². The molecule has 2 aliphatic rings. The van der Waals surface area contributed by atoms with Crippen LogP contribution in [0.2, 0.25) is 0 Å². The van der Waals surface area contributed by atoms with Crippen molar-refractivity contribution < 1.29 is 21.6 Å². The predicted octanol–water partition coefficient (Wildman–Crippen LogP) is 0.310. The van der Waals surface area contributed by atoms with Crippen LogP contribution >= 0.6 is 0 Å². The van der Waals surface area contributed by atoms with Gasteiger partial charge in [0.2, 0.25) is 5.91 Å². The van der Waals surface area contributed by atoms with Crippen LogP contribution in [-0.2, 0) is 37.5 Å². The van der Waals surface area contributed by atoms with Crippen molar-refractivity contribution >= 4 is 25.8 Å². The molecule has 0 spiro atoms. The zero-order valence-corrected chi connectivity index (χ0v) is 14.7. The number of hydrogen-bond acceptors (Lipinski definition) is 5. The van der Waals surface area contributed by atoms with Crippen molar-refractivity contribution in [2.75, 3.05) is 11.5 Å². The molecule has 7 nitrogen and oxygen atoms in total. The van der Waals surface area contributed by atoms with Crippen LogP contribution in [0.4, 0.5) is 0 Å². The molecule has 1 aliphatic heterocycles. The van der Waals surface area contributed by atoms with E-state index in [1.165, 1.54) is 11.6 Å². The maximum absolute atomic E-state index is 12.3. The zero-order chi connectivity index (χ0) is 17.4. The Morgan fingerprint density at radius 2 is 1.96 bits per heavy atom. The van der Waals surface area contributed by atoms with Gasteiger partial charge in [0.05, 0.1) is 16.4 Å². The molecular weight excluding hydrogens is 352 g/mol. The molecule has 1 saturated heterocycles. The first kappa shape index (κ1) is 17.4. The number of amides is 1. The normalized spacial score (nSPS) is 22.2. The highest BCUT2D eigenvalue weighted by Gasteiger charge is 2.29. The molecular formula is C15H20N2O5S2. The van der Waals surface area contributed by atoms with Crippen LogP contribution < -0.4 is 10.3 Å². The Kier molecular flexibility index (Phi) is 4.67. The van der Waals surface area contributed by atoms with E-state index >= 15 is 0 Å². The van der Waals surface area contributed by atoms with Gasteiger partial charge in [-0.3, -0.25) is 10.2 Å². The number of rotatable bonds is 5. The Balaban J connectivity index is 1.58. The summed E-state index contributed by atoms with van der Waals surface area (Å²) in [6, 6.07) is 4.98. The Bertz CT molecular complexity index is 862. The fraction of sp³-hybridized carbons (Fsp3) is 0.533. The molecule has 0 bridgehead atoms. The van der Waals surface area contributed by atoms with Gasteiger partial charge in [0, 0.05) is 6.42 Å². The van der Waals surface area contributed by atoms with Crippen molar-refractivity contribution in [2.45, 2.75) is 37.0 Å². The number of fused-ring (bicyclic) bond motifs is 1. The number of nitrogens with one attached hydrogen (secondary N) is 2. The maximum atomic E-state index is 12.3. The molecule has 1 aromatic carbocycles. The van der Waals surface area contributed by atoms with Crippen molar-refractivity contribution in [1.82, 2.24) is 10.3 Å². The van der Waals surface area contributed by atoms with Gasteiger partial charge >= 0.3 is 0 Å². The Hall–Kier alpha value is -1.45. The van der Waals surface area contributed by atoms with E-state index < -0.39 is 25.8 Å². The lowest BCUT2D eigenvalue weighted by Crippen LogP contribution is -2.42. The fourth-order valence-corrected chi connectivity index (χ4v) is 6.02. The molecule has 1 aromatic rings. The first-order valence-corrected chi connectivity index (χ1v) is 11.2. The maximum Gasteiger partial charge on any atom is 0.257 e. The lowest BCUT2D eigenvalue weighted by Gasteiger charge is -2.11. The summed E-state index contributed by atoms with van der Waals surface area (Å²) in [6.07, 6.45) is 3.28. The van der Waals surface area contributed by atoms with Crippen molar-refractivity contribution in [2.24, 2.45) is 5.92 Å². The molecule has 3 rings (SSSR count). The number of aryl methyl sites for hydroxylation is 2. The standard InChI is InChI=1S/C15H20N2O5S2/c18-15(8-11-6-7-23(19,20)10-11)16-17-24(21,22)14-5-4-12-2-1-3-13(12)9-14/h4-5,9,11,17H,1-3,6-8,10H2,(H,16,18)/t11-/m0/s1. The molecule has 24 heavy (non-hydrogen) atoms. The number of hydrogen-bond donors (Lipinski definition) is 2. The highest BCUT2D eigenvalue weighted by atomic mass is 32.2. The van der Waals surface area contributed by atoms with Gasteiger partial charge in [0.1, 0.15) is 0 Å². The van der Waals surface area contributed by atoms with E-state index in [-0.39, 0.29) is 28.7 Å². The van der Waals surface area contributed by atoms with E-state index in [4.69, 9.17) is 0 Å². The molecule has 0 radical (unpaired) electrons. The molecule has 1 fully saturated rings. The molecule has 0 unspecified atom stereocenters. The van der Waals surface area contributed by atoms with Gasteiger partial charge < -0.3 is 0 Å². The van der Waals surface area contributed by atoms with Crippen LogP contribution in [-0.4, -0.2) is 34.2 Å². The number of carbonyl (C=O) groups is 1. The molecule has 1 heterocycles. The molecule has 1 atom stereocenters. The van der Waals surface area contributed by atoms with Crippen LogP contribution in [0.5, 0.6) is 0 Å². The minimum atomic E-state index is -3.83. The van der Waals surface area contributed by atoms with E-state index in [1.807, 2.05) is 6.07 Å². The Morgan fingerprint density at radius 3 is 2.67 bits per heavy atom. The third-order valence-electron chi connectivity index (χ3n) is 4.51. The molecule has 132 valence electrons. The van der Waals surface area contributed by atoms with Gasteiger partial charge in [-0.05, 0) is 54.9 Å². The van der Waals surface area contributed by atoms with Crippen LogP contribution in [0.3, 0.4) is 0 Å². The van der Waals surface area contributed by atoms with Gasteiger partial charge in [-0.15, -0.1) is 4.83 Å². The number of carbonyl (C=O) groups excluding carboxylic acids is 1. The largest absolute Gasteiger partial charge is 0.278 e. The predicted molar refractivity (Wildman–Crippen MR) is 88.3 cm³/mol. The van der Waals surface area contributed by atoms with Gasteiger partial charge in [0.15, 0.2) is 9.84 Å². The third kappa shape index (κ3) is 3.96. The van der Waals surface area contributed by atoms with Crippen molar-refractivity contribution in [3.05, 3.63) is 29.3 Å². The second-order valence-electron chi connectivity index (χ2n) is 6.41. The first-order valence-electron chi connectivity index (χ1n) is 7.88. The van der Waals surface area contributed by atoms with Crippen LogP contribution in [0.25, 0.3) is 0 Å². The molecule has 1 amide bonds. The number of hydrazine groups is 1. The number of sulfone groups is 1. The van der Waals surface area contributed by atoms with E-state index in [0.29, 0.717) is 6.42 Å². The second kappa shape index (κ2) is 6.45. The summed E-state index contributed by atoms with van der Waals surface area (Å²) in [5.74, 6) is -0.703. The summed E-state index contributed by atoms with van der Waals surface area (Å²) in [6.45, 7) is 0. The topological polar surface area (TPSA) is 109 Å². The van der Waals surface area contributed by atoms with Gasteiger partial charge in [0.25, 0.3) is 10.0 Å². The molecule has 9 heteroatoms. The minimum absolute atomic E-state index is 0.00800. The highest BCUT2D eigenvalue weighted by molar-refractivity contribution is 7.91. The van der Waals surface area contributed by atoms with E-state index in [1.54, 1.807) is 6.07 Å². The van der Waals surface area contributed by atoms with Crippen LogP contribution in [0.1, 0.15) is 30.4 Å². The summed E-state index contributed by atoms with van der Waals surface area (Å²) in [4.78, 5) is 14.0. The lowest BCUT2D eigenvalue weighted by molar-refractivity contribution is -0.122. The third-order valence-corrected chi connectivity index (χ3v) is 7.59. The molecule has 2 N–H and O–H groups in total. The molecule has 0 aromatic heterocycles. The van der Waals surface area contributed by atoms with E-state index in [9.17, 15) is 21.6 Å². The average Bonchev–Trinajstić information content (AvgIpc) is 3.10. The summed E-state index contributed by atoms with van der Waals surface area (Å²) in [5, 5.41) is 0. The quantitative estimate of drug-likeness (QED) is 0.723. The van der Waals surface area contributed by atoms with Gasteiger partial charge in [-0.25, -0.2) is 16.8 Å². The molecule has 1 aliphatic carbocycles. The van der Waals surface area contributed by atoms with Gasteiger partial charge in [-0.2, -0.15) is 0 Å². The molecule has 0 saturated carbocycles. The van der Waals surface area contributed by atoms with Crippen molar-refractivity contribution in [3.8, 4) is 0 Å². The first-order chi connectivity index (χ1) is 11.3. The van der Waals surface area contributed by atoms with E-state index in [2.05, 4.69) is 10.3 Å². The zero-order valence-electron chi connectivity index (χ0n) is 13.1. The summed E-state index contributed by atoms with van der Waals surface area (Å²) in [7, 11) is -6.89. The lowest BCUT2D eigenvalue weighted by atomic mass is 10.1. The van der Waals surface area contributed by atoms with Gasteiger partial charge in [-0.1, -0.05) is 6.07 Å². The number of benzene rings is 1. The monoisotopic (exact) mass is 372 g/mol. The smallest absolute Gasteiger partial charge is 0.257 e. The minimum Gasteiger partial charge on any atom is -0.278 e. The SMILES string of the molecule is O=C(C[C@@H]1CCS(=O)(=O)C1)NNS(=O)(=O)c1ccc2c(c1)CCC2. The number of sulfonamides is 1. The Labute approximate surface area is 141 Å². The summed E-state index contributed by atoms with van der Waals surface area (Å²) >= 11 is 0. The van der Waals surface area contributed by atoms with Crippen molar-refractivity contribution in [3.63, 3.8) is 0 Å². The van der Waals surface area contributed by atoms with Crippen LogP contribution in [0.15, 0.2) is 23.1 Å². The fourth-order valence-electron chi connectivity index (χ4n) is 3.24. The highest BCUT2D eigenvalue weighted by Crippen LogP contribution is 2.24. The Morgan fingerprint density at radius 1 is 1.21 bits per heavy atom. The average molecular weight is 372 g/mol.